The average Bonchev–Trinajstić information content (AvgIpc) is 2.83. The Morgan fingerprint density at radius 2 is 1.92 bits per heavy atom. The maximum absolute atomic E-state index is 13.2. The van der Waals surface area contributed by atoms with Gasteiger partial charge in [0.15, 0.2) is 26.4 Å². The summed E-state index contributed by atoms with van der Waals surface area (Å²) in [5, 5.41) is 13.6. The van der Waals surface area contributed by atoms with Gasteiger partial charge in [0.1, 0.15) is 5.82 Å². The van der Waals surface area contributed by atoms with Crippen LogP contribution in [0.25, 0.3) is 5.82 Å². The van der Waals surface area contributed by atoms with Crippen molar-refractivity contribution in [1.29, 1.82) is 0 Å². The number of nitrogens with one attached hydrogen (secondary N) is 1. The van der Waals surface area contributed by atoms with Crippen LogP contribution in [0.5, 0.6) is 0 Å². The highest BCUT2D eigenvalue weighted by molar-refractivity contribution is 7.90. The van der Waals surface area contributed by atoms with Crippen molar-refractivity contribution in [3.8, 4) is 5.82 Å². The highest BCUT2D eigenvalue weighted by Gasteiger charge is 2.38. The molecule has 138 valence electrons. The molecule has 1 N–H and O–H groups in total. The SMILES string of the molecule is CCC(C)Nc1c(C)c(C(F)(F)F)nn1-c1ccc(S(C)(=O)=O)nn1. The van der Waals surface area contributed by atoms with E-state index in [1.807, 2.05) is 13.8 Å². The minimum atomic E-state index is -4.62. The van der Waals surface area contributed by atoms with Crippen LogP contribution in [-0.2, 0) is 16.0 Å². The van der Waals surface area contributed by atoms with E-state index in [2.05, 4.69) is 20.6 Å². The van der Waals surface area contributed by atoms with Crippen LogP contribution in [0, 0.1) is 6.92 Å². The van der Waals surface area contributed by atoms with Gasteiger partial charge in [0.2, 0.25) is 0 Å². The highest BCUT2D eigenvalue weighted by Crippen LogP contribution is 2.35. The van der Waals surface area contributed by atoms with Crippen LogP contribution in [0.15, 0.2) is 17.2 Å². The second-order valence-corrected chi connectivity index (χ2v) is 7.65. The first-order valence-electron chi connectivity index (χ1n) is 7.42. The second-order valence-electron chi connectivity index (χ2n) is 5.69. The fourth-order valence-corrected chi connectivity index (χ4v) is 2.56. The molecule has 0 fully saturated rings. The number of anilines is 1. The molecule has 0 aliphatic heterocycles. The number of rotatable bonds is 5. The third-order valence-electron chi connectivity index (χ3n) is 3.61. The van der Waals surface area contributed by atoms with Crippen molar-refractivity contribution in [2.24, 2.45) is 0 Å². The number of hydrogen-bond acceptors (Lipinski definition) is 6. The Bertz CT molecular complexity index is 860. The van der Waals surface area contributed by atoms with Crippen molar-refractivity contribution < 1.29 is 21.6 Å². The summed E-state index contributed by atoms with van der Waals surface area (Å²) < 4.78 is 63.4. The summed E-state index contributed by atoms with van der Waals surface area (Å²) >= 11 is 0. The monoisotopic (exact) mass is 377 g/mol. The van der Waals surface area contributed by atoms with Crippen LogP contribution in [0.3, 0.4) is 0 Å². The first-order chi connectivity index (χ1) is 11.4. The normalized spacial score (nSPS) is 13.7. The molecule has 1 atom stereocenters. The minimum Gasteiger partial charge on any atom is -0.367 e. The van der Waals surface area contributed by atoms with Crippen LogP contribution >= 0.6 is 0 Å². The van der Waals surface area contributed by atoms with Crippen LogP contribution in [-0.4, -0.2) is 40.7 Å². The van der Waals surface area contributed by atoms with Gasteiger partial charge in [-0.2, -0.15) is 23.0 Å². The van der Waals surface area contributed by atoms with Crippen molar-refractivity contribution in [2.45, 2.75) is 44.4 Å². The van der Waals surface area contributed by atoms with E-state index >= 15 is 0 Å². The average molecular weight is 377 g/mol. The van der Waals surface area contributed by atoms with E-state index in [1.54, 1.807) is 0 Å². The lowest BCUT2D eigenvalue weighted by atomic mass is 10.2. The predicted molar refractivity (Wildman–Crippen MR) is 85.4 cm³/mol. The van der Waals surface area contributed by atoms with E-state index in [9.17, 15) is 21.6 Å². The van der Waals surface area contributed by atoms with Crippen molar-refractivity contribution in [3.05, 3.63) is 23.4 Å². The molecular weight excluding hydrogens is 359 g/mol. The molecule has 0 saturated heterocycles. The van der Waals surface area contributed by atoms with Gasteiger partial charge in [-0.3, -0.25) is 0 Å². The number of alkyl halides is 3. The number of sulfone groups is 1. The van der Waals surface area contributed by atoms with Gasteiger partial charge < -0.3 is 5.32 Å². The molecule has 0 amide bonds. The minimum absolute atomic E-state index is 0.0168. The lowest BCUT2D eigenvalue weighted by molar-refractivity contribution is -0.141. The molecule has 11 heteroatoms. The highest BCUT2D eigenvalue weighted by atomic mass is 32.2. The molecule has 0 radical (unpaired) electrons. The van der Waals surface area contributed by atoms with Gasteiger partial charge in [-0.1, -0.05) is 6.92 Å². The maximum atomic E-state index is 13.2. The fourth-order valence-electron chi connectivity index (χ4n) is 2.06. The molecule has 2 aromatic heterocycles. The fraction of sp³-hybridized carbons (Fsp3) is 0.500. The third-order valence-corrected chi connectivity index (χ3v) is 4.59. The second kappa shape index (κ2) is 6.62. The first-order valence-corrected chi connectivity index (χ1v) is 9.31. The summed E-state index contributed by atoms with van der Waals surface area (Å²) in [4.78, 5) is 0. The molecule has 1 unspecified atom stereocenters. The Kier molecular flexibility index (Phi) is 5.07. The van der Waals surface area contributed by atoms with Crippen molar-refractivity contribution in [3.63, 3.8) is 0 Å². The van der Waals surface area contributed by atoms with Crippen molar-refractivity contribution >= 4 is 15.7 Å². The summed E-state index contributed by atoms with van der Waals surface area (Å²) in [5.41, 5.74) is -1.10. The van der Waals surface area contributed by atoms with E-state index in [0.717, 1.165) is 10.9 Å². The molecule has 0 saturated carbocycles. The van der Waals surface area contributed by atoms with Gasteiger partial charge in [-0.15, -0.1) is 10.2 Å². The number of aromatic nitrogens is 4. The zero-order valence-electron chi connectivity index (χ0n) is 14.1. The molecule has 2 rings (SSSR count). The third kappa shape index (κ3) is 4.09. The summed E-state index contributed by atoms with van der Waals surface area (Å²) in [6.07, 6.45) is -2.97. The molecule has 0 spiro atoms. The van der Waals surface area contributed by atoms with E-state index in [4.69, 9.17) is 0 Å². The number of halogens is 3. The molecular formula is C14H18F3N5O2S. The molecule has 0 aliphatic carbocycles. The van der Waals surface area contributed by atoms with Crippen LogP contribution in [0.4, 0.5) is 19.0 Å². The quantitative estimate of drug-likeness (QED) is 0.861. The van der Waals surface area contributed by atoms with Crippen molar-refractivity contribution in [1.82, 2.24) is 20.0 Å². The van der Waals surface area contributed by atoms with E-state index in [0.29, 0.717) is 6.42 Å². The molecule has 7 nitrogen and oxygen atoms in total. The van der Waals surface area contributed by atoms with Crippen molar-refractivity contribution in [2.75, 3.05) is 11.6 Å². The molecule has 2 aromatic rings. The molecule has 25 heavy (non-hydrogen) atoms. The largest absolute Gasteiger partial charge is 0.435 e. The van der Waals surface area contributed by atoms with Crippen LogP contribution < -0.4 is 5.32 Å². The van der Waals surface area contributed by atoms with Gasteiger partial charge >= 0.3 is 6.18 Å². The zero-order valence-corrected chi connectivity index (χ0v) is 14.9. The zero-order chi connectivity index (χ0) is 19.0. The summed E-state index contributed by atoms with van der Waals surface area (Å²) in [7, 11) is -3.56. The number of hydrogen-bond donors (Lipinski definition) is 1. The Labute approximate surface area is 143 Å². The first kappa shape index (κ1) is 19.2. The van der Waals surface area contributed by atoms with Gasteiger partial charge in [-0.05, 0) is 32.4 Å². The summed E-state index contributed by atoms with van der Waals surface area (Å²) in [5.74, 6) is 0.125. The predicted octanol–water partition coefficient (Wildman–Crippen LogP) is 2.60. The lowest BCUT2D eigenvalue weighted by Crippen LogP contribution is -2.18. The molecule has 2 heterocycles. The van der Waals surface area contributed by atoms with Crippen LogP contribution in [0.2, 0.25) is 0 Å². The Hall–Kier alpha value is -2.17. The molecule has 0 bridgehead atoms. The van der Waals surface area contributed by atoms with Gasteiger partial charge in [0.05, 0.1) is 0 Å². The maximum Gasteiger partial charge on any atom is 0.435 e. The molecule has 0 aromatic carbocycles. The molecule has 0 aliphatic rings. The van der Waals surface area contributed by atoms with E-state index in [1.165, 1.54) is 19.1 Å². The summed E-state index contributed by atoms with van der Waals surface area (Å²) in [6.45, 7) is 5.02. The van der Waals surface area contributed by atoms with E-state index < -0.39 is 21.7 Å². The van der Waals surface area contributed by atoms with Gasteiger partial charge in [-0.25, -0.2) is 8.42 Å². The standard InChI is InChI=1S/C14H18F3N5O2S/c1-5-8(2)18-13-9(3)12(14(15,16)17)21-22(13)10-6-7-11(20-19-10)25(4,23)24/h6-8,18H,5H2,1-4H3. The van der Waals surface area contributed by atoms with E-state index in [-0.39, 0.29) is 28.3 Å². The Morgan fingerprint density at radius 3 is 2.36 bits per heavy atom. The topological polar surface area (TPSA) is 89.8 Å². The van der Waals surface area contributed by atoms with Gasteiger partial charge in [0.25, 0.3) is 0 Å². The number of nitrogens with zero attached hydrogens (tertiary/aromatic N) is 4. The smallest absolute Gasteiger partial charge is 0.367 e. The van der Waals surface area contributed by atoms with Crippen LogP contribution in [0.1, 0.15) is 31.5 Å². The Balaban J connectivity index is 2.59. The van der Waals surface area contributed by atoms with Gasteiger partial charge in [0, 0.05) is 17.9 Å². The Morgan fingerprint density at radius 1 is 1.28 bits per heavy atom. The summed E-state index contributed by atoms with van der Waals surface area (Å²) in [6, 6.07) is 2.34. The lowest BCUT2D eigenvalue weighted by Gasteiger charge is -2.15.